The van der Waals surface area contributed by atoms with Crippen LogP contribution in [-0.2, 0) is 14.8 Å². The fourth-order valence-electron chi connectivity index (χ4n) is 3.66. The molecule has 1 saturated heterocycles. The molecule has 0 aliphatic carbocycles. The first-order valence-electron chi connectivity index (χ1n) is 8.59. The number of carbonyl (C=O) groups is 2. The molecule has 2 aromatic rings. The van der Waals surface area contributed by atoms with Crippen LogP contribution < -0.4 is 10.0 Å². The molecule has 0 bridgehead atoms. The Morgan fingerprint density at radius 1 is 1.26 bits per heavy atom. The van der Waals surface area contributed by atoms with Gasteiger partial charge in [0.2, 0.25) is 15.9 Å². The Labute approximate surface area is 156 Å². The lowest BCUT2D eigenvalue weighted by Crippen LogP contribution is -2.54. The summed E-state index contributed by atoms with van der Waals surface area (Å²) in [6.07, 6.45) is 3.34. The maximum atomic E-state index is 13.1. The molecular weight excluding hydrogens is 370 g/mol. The summed E-state index contributed by atoms with van der Waals surface area (Å²) in [4.78, 5) is 27.3. The number of hydrogen-bond acceptors (Lipinski definition) is 5. The highest BCUT2D eigenvalue weighted by molar-refractivity contribution is 7.88. The van der Waals surface area contributed by atoms with Gasteiger partial charge in [0.05, 0.1) is 23.8 Å². The van der Waals surface area contributed by atoms with Crippen LogP contribution in [0.1, 0.15) is 23.2 Å². The molecule has 4 rings (SSSR count). The number of fused-ring (bicyclic) bond motifs is 2. The number of sulfonamides is 1. The van der Waals surface area contributed by atoms with E-state index in [1.54, 1.807) is 36.6 Å². The second-order valence-electron chi connectivity index (χ2n) is 6.85. The number of benzene rings is 1. The molecule has 2 atom stereocenters. The van der Waals surface area contributed by atoms with Crippen molar-refractivity contribution in [3.8, 4) is 11.3 Å². The molecule has 0 spiro atoms. The Morgan fingerprint density at radius 3 is 2.78 bits per heavy atom. The Morgan fingerprint density at radius 2 is 2.07 bits per heavy atom. The van der Waals surface area contributed by atoms with Gasteiger partial charge in [-0.25, -0.2) is 13.1 Å². The smallest absolute Gasteiger partial charge is 0.256 e. The Hall–Kier alpha value is -2.65. The number of amides is 2. The van der Waals surface area contributed by atoms with Gasteiger partial charge in [-0.15, -0.1) is 0 Å². The van der Waals surface area contributed by atoms with Crippen molar-refractivity contribution < 1.29 is 22.4 Å². The highest BCUT2D eigenvalue weighted by Crippen LogP contribution is 2.32. The van der Waals surface area contributed by atoms with Gasteiger partial charge in [0, 0.05) is 18.2 Å². The molecule has 142 valence electrons. The van der Waals surface area contributed by atoms with Crippen molar-refractivity contribution in [3.63, 3.8) is 0 Å². The van der Waals surface area contributed by atoms with Gasteiger partial charge >= 0.3 is 0 Å². The molecular formula is C18H19N3O5S. The molecule has 9 heteroatoms. The number of nitrogens with zero attached hydrogens (tertiary/aromatic N) is 1. The van der Waals surface area contributed by atoms with Gasteiger partial charge in [0.15, 0.2) is 0 Å². The van der Waals surface area contributed by atoms with Crippen LogP contribution in [0.4, 0.5) is 5.69 Å². The minimum absolute atomic E-state index is 0.240. The van der Waals surface area contributed by atoms with Crippen molar-refractivity contribution >= 4 is 27.5 Å². The average Bonchev–Trinajstić information content (AvgIpc) is 3.11. The molecule has 8 nitrogen and oxygen atoms in total. The number of hydrogen-bond donors (Lipinski definition) is 2. The average molecular weight is 389 g/mol. The predicted octanol–water partition coefficient (Wildman–Crippen LogP) is 1.42. The molecule has 0 unspecified atom stereocenters. The summed E-state index contributed by atoms with van der Waals surface area (Å²) in [5, 5.41) is 2.80. The first-order chi connectivity index (χ1) is 12.8. The van der Waals surface area contributed by atoms with Crippen molar-refractivity contribution in [1.29, 1.82) is 0 Å². The van der Waals surface area contributed by atoms with Gasteiger partial charge in [0.25, 0.3) is 5.91 Å². The first kappa shape index (κ1) is 17.7. The summed E-state index contributed by atoms with van der Waals surface area (Å²) >= 11 is 0. The first-order valence-corrected chi connectivity index (χ1v) is 10.5. The molecule has 1 fully saturated rings. The highest BCUT2D eigenvalue weighted by atomic mass is 32.2. The van der Waals surface area contributed by atoms with E-state index in [0.717, 1.165) is 11.8 Å². The van der Waals surface area contributed by atoms with Crippen molar-refractivity contribution in [1.82, 2.24) is 9.62 Å². The lowest BCUT2D eigenvalue weighted by Gasteiger charge is -2.37. The quantitative estimate of drug-likeness (QED) is 0.825. The Bertz CT molecular complexity index is 1000. The van der Waals surface area contributed by atoms with Crippen LogP contribution in [0.3, 0.4) is 0 Å². The summed E-state index contributed by atoms with van der Waals surface area (Å²) in [7, 11) is -3.38. The largest absolute Gasteiger partial charge is 0.464 e. The third-order valence-corrected chi connectivity index (χ3v) is 5.62. The summed E-state index contributed by atoms with van der Waals surface area (Å²) < 4.78 is 30.9. The van der Waals surface area contributed by atoms with Crippen LogP contribution in [0.25, 0.3) is 11.3 Å². The molecule has 2 N–H and O–H groups in total. The van der Waals surface area contributed by atoms with E-state index in [-0.39, 0.29) is 24.3 Å². The van der Waals surface area contributed by atoms with E-state index in [0.29, 0.717) is 30.0 Å². The minimum atomic E-state index is -3.38. The van der Waals surface area contributed by atoms with Gasteiger partial charge in [-0.1, -0.05) is 0 Å². The summed E-state index contributed by atoms with van der Waals surface area (Å²) in [6, 6.07) is 7.65. The van der Waals surface area contributed by atoms with E-state index in [1.165, 1.54) is 4.90 Å². The van der Waals surface area contributed by atoms with E-state index in [9.17, 15) is 18.0 Å². The van der Waals surface area contributed by atoms with Gasteiger partial charge in [-0.2, -0.15) is 0 Å². The number of furan rings is 1. The van der Waals surface area contributed by atoms with Gasteiger partial charge < -0.3 is 14.6 Å². The van der Waals surface area contributed by atoms with E-state index >= 15 is 0 Å². The van der Waals surface area contributed by atoms with Crippen LogP contribution in [-0.4, -0.2) is 50.0 Å². The fourth-order valence-corrected chi connectivity index (χ4v) is 4.48. The maximum absolute atomic E-state index is 13.1. The third kappa shape index (κ3) is 3.47. The van der Waals surface area contributed by atoms with E-state index in [4.69, 9.17) is 4.42 Å². The Balaban J connectivity index is 1.65. The second kappa shape index (κ2) is 6.50. The van der Waals surface area contributed by atoms with Crippen molar-refractivity contribution in [2.75, 3.05) is 18.1 Å². The van der Waals surface area contributed by atoms with Crippen molar-refractivity contribution in [2.45, 2.75) is 24.9 Å². The summed E-state index contributed by atoms with van der Waals surface area (Å²) in [5.74, 6) is 0.0706. The lowest BCUT2D eigenvalue weighted by molar-refractivity contribution is -0.121. The normalized spacial score (nSPS) is 22.6. The summed E-state index contributed by atoms with van der Waals surface area (Å²) in [5.41, 5.74) is 1.59. The topological polar surface area (TPSA) is 109 Å². The van der Waals surface area contributed by atoms with Gasteiger partial charge in [-0.05, 0) is 43.2 Å². The molecule has 2 aliphatic rings. The van der Waals surface area contributed by atoms with Crippen molar-refractivity contribution in [3.05, 3.63) is 42.2 Å². The van der Waals surface area contributed by atoms with Gasteiger partial charge in [0.1, 0.15) is 11.8 Å². The van der Waals surface area contributed by atoms with Crippen LogP contribution in [0.5, 0.6) is 0 Å². The number of carbonyl (C=O) groups excluding carboxylic acids is 2. The molecule has 1 aromatic carbocycles. The van der Waals surface area contributed by atoms with Gasteiger partial charge in [-0.3, -0.25) is 9.59 Å². The monoisotopic (exact) mass is 389 g/mol. The molecule has 0 radical (unpaired) electrons. The van der Waals surface area contributed by atoms with Crippen LogP contribution in [0, 0.1) is 0 Å². The number of nitrogens with one attached hydrogen (secondary N) is 2. The van der Waals surface area contributed by atoms with E-state index < -0.39 is 16.1 Å². The Kier molecular flexibility index (Phi) is 4.27. The zero-order chi connectivity index (χ0) is 19.2. The molecule has 0 saturated carbocycles. The van der Waals surface area contributed by atoms with Crippen molar-refractivity contribution in [2.24, 2.45) is 0 Å². The van der Waals surface area contributed by atoms with Crippen LogP contribution in [0.15, 0.2) is 41.0 Å². The highest BCUT2D eigenvalue weighted by Gasteiger charge is 2.40. The third-order valence-electron chi connectivity index (χ3n) is 4.86. The van der Waals surface area contributed by atoms with E-state index in [2.05, 4.69) is 10.0 Å². The maximum Gasteiger partial charge on any atom is 0.256 e. The van der Waals surface area contributed by atoms with E-state index in [1.807, 2.05) is 0 Å². The minimum Gasteiger partial charge on any atom is -0.464 e. The molecule has 2 aliphatic heterocycles. The predicted molar refractivity (Wildman–Crippen MR) is 98.6 cm³/mol. The molecule has 27 heavy (non-hydrogen) atoms. The lowest BCUT2D eigenvalue weighted by atomic mass is 9.97. The zero-order valence-corrected chi connectivity index (χ0v) is 15.5. The molecule has 3 heterocycles. The SMILES string of the molecule is CS(=O)(=O)N[C@H]1CCN2C(=O)c3cc(-c4ccco4)ccc3NC(=O)[C@@H]2C1. The molecule has 1 aromatic heterocycles. The summed E-state index contributed by atoms with van der Waals surface area (Å²) in [6.45, 7) is 0.300. The second-order valence-corrected chi connectivity index (χ2v) is 8.63. The zero-order valence-electron chi connectivity index (χ0n) is 14.6. The number of rotatable bonds is 3. The van der Waals surface area contributed by atoms with Crippen LogP contribution >= 0.6 is 0 Å². The van der Waals surface area contributed by atoms with Crippen LogP contribution in [0.2, 0.25) is 0 Å². The standard InChI is InChI=1S/C18H19N3O5S/c1-27(24,25)20-12-6-7-21-15(10-12)17(22)19-14-5-4-11(9-13(14)18(21)23)16-3-2-8-26-16/h2-5,8-9,12,15,20H,6-7,10H2,1H3,(H,19,22)/t12-,15-/m0/s1. The number of piperidine rings is 1. The molecule has 2 amide bonds. The number of anilines is 1. The fraction of sp³-hybridized carbons (Fsp3) is 0.333.